The lowest BCUT2D eigenvalue weighted by Gasteiger charge is -2.08. The molecule has 0 fully saturated rings. The molecule has 0 bridgehead atoms. The van der Waals surface area contributed by atoms with Crippen LogP contribution in [-0.4, -0.2) is 31.7 Å². The first-order valence-electron chi connectivity index (χ1n) is 7.50. The zero-order valence-electron chi connectivity index (χ0n) is 13.5. The van der Waals surface area contributed by atoms with Crippen LogP contribution in [0.2, 0.25) is 5.02 Å². The van der Waals surface area contributed by atoms with Crippen LogP contribution in [0.1, 0.15) is 5.56 Å². The van der Waals surface area contributed by atoms with Crippen LogP contribution in [0.3, 0.4) is 0 Å². The van der Waals surface area contributed by atoms with Gasteiger partial charge < -0.3 is 10.6 Å². The molecule has 0 atom stereocenters. The average Bonchev–Trinajstić information content (AvgIpc) is 2.55. The van der Waals surface area contributed by atoms with Gasteiger partial charge in [-0.1, -0.05) is 23.7 Å². The van der Waals surface area contributed by atoms with E-state index in [-0.39, 0.29) is 12.2 Å². The van der Waals surface area contributed by atoms with Gasteiger partial charge in [0.1, 0.15) is 17.3 Å². The topological polar surface area (TPSA) is 92.3 Å². The van der Waals surface area contributed by atoms with Crippen molar-refractivity contribution in [3.05, 3.63) is 64.9 Å². The summed E-state index contributed by atoms with van der Waals surface area (Å²) in [6.45, 7) is 0.146. The number of hydrogen-bond donors (Lipinski definition) is 2. The van der Waals surface area contributed by atoms with Crippen LogP contribution >= 0.6 is 11.6 Å². The number of nitrogens with one attached hydrogen (secondary N) is 2. The van der Waals surface area contributed by atoms with Crippen LogP contribution in [0.4, 0.5) is 10.1 Å². The van der Waals surface area contributed by atoms with Crippen LogP contribution < -0.4 is 10.6 Å². The van der Waals surface area contributed by atoms with Gasteiger partial charge in [-0.2, -0.15) is 0 Å². The molecule has 0 unspecified atom stereocenters. The molecule has 2 rings (SSSR count). The summed E-state index contributed by atoms with van der Waals surface area (Å²) in [5.41, 5.74) is 1.02. The van der Waals surface area contributed by atoms with Crippen molar-refractivity contribution in [3.63, 3.8) is 0 Å². The average molecular weight is 399 g/mol. The molecule has 0 spiro atoms. The minimum absolute atomic E-state index is 0.146. The molecule has 26 heavy (non-hydrogen) atoms. The standard InChI is InChI=1S/C17H16ClFN2O4S/c18-13-3-1-12(2-4-13)9-20-16(22)10-26(24,25)11-17(23)21-15-7-5-14(19)6-8-15/h1-8H,9-11H2,(H,20,22)(H,21,23). The number of sulfone groups is 1. The number of carbonyl (C=O) groups excluding carboxylic acids is 2. The highest BCUT2D eigenvalue weighted by molar-refractivity contribution is 7.92. The summed E-state index contributed by atoms with van der Waals surface area (Å²) in [7, 11) is -3.94. The summed E-state index contributed by atoms with van der Waals surface area (Å²) in [5.74, 6) is -3.65. The van der Waals surface area contributed by atoms with Gasteiger partial charge in [0, 0.05) is 17.3 Å². The van der Waals surface area contributed by atoms with Crippen molar-refractivity contribution < 1.29 is 22.4 Å². The molecule has 0 heterocycles. The summed E-state index contributed by atoms with van der Waals surface area (Å²) in [4.78, 5) is 23.6. The molecule has 6 nitrogen and oxygen atoms in total. The van der Waals surface area contributed by atoms with Crippen molar-refractivity contribution in [1.29, 1.82) is 0 Å². The highest BCUT2D eigenvalue weighted by atomic mass is 35.5. The lowest BCUT2D eigenvalue weighted by molar-refractivity contribution is -0.118. The number of hydrogen-bond acceptors (Lipinski definition) is 4. The Balaban J connectivity index is 1.82. The van der Waals surface area contributed by atoms with E-state index < -0.39 is 39.0 Å². The van der Waals surface area contributed by atoms with Crippen molar-refractivity contribution in [3.8, 4) is 0 Å². The van der Waals surface area contributed by atoms with Crippen molar-refractivity contribution >= 4 is 38.9 Å². The maximum absolute atomic E-state index is 12.8. The minimum Gasteiger partial charge on any atom is -0.351 e. The van der Waals surface area contributed by atoms with Crippen molar-refractivity contribution in [2.45, 2.75) is 6.54 Å². The van der Waals surface area contributed by atoms with Gasteiger partial charge in [0.25, 0.3) is 0 Å². The lowest BCUT2D eigenvalue weighted by Crippen LogP contribution is -2.33. The van der Waals surface area contributed by atoms with Gasteiger partial charge >= 0.3 is 0 Å². The molecular formula is C17H16ClFN2O4S. The highest BCUT2D eigenvalue weighted by Crippen LogP contribution is 2.10. The van der Waals surface area contributed by atoms with Crippen LogP contribution in [0, 0.1) is 5.82 Å². The van der Waals surface area contributed by atoms with E-state index in [2.05, 4.69) is 10.6 Å². The quantitative estimate of drug-likeness (QED) is 0.747. The second-order valence-electron chi connectivity index (χ2n) is 5.49. The fraction of sp³-hybridized carbons (Fsp3) is 0.176. The predicted octanol–water partition coefficient (Wildman–Crippen LogP) is 2.15. The Hall–Kier alpha value is -2.45. The first kappa shape index (κ1) is 19.9. The molecule has 2 amide bonds. The molecule has 9 heteroatoms. The zero-order chi connectivity index (χ0) is 19.2. The molecule has 2 aromatic rings. The van der Waals surface area contributed by atoms with Gasteiger partial charge in [0.15, 0.2) is 9.84 Å². The Morgan fingerprint density at radius 3 is 2.12 bits per heavy atom. The Labute approximate surface area is 155 Å². The van der Waals surface area contributed by atoms with E-state index in [1.54, 1.807) is 24.3 Å². The normalized spacial score (nSPS) is 11.0. The maximum atomic E-state index is 12.8. The third-order valence-electron chi connectivity index (χ3n) is 3.23. The molecule has 2 aromatic carbocycles. The number of amides is 2. The number of benzene rings is 2. The Bertz CT molecular complexity index is 884. The number of rotatable bonds is 7. The van der Waals surface area contributed by atoms with E-state index in [1.807, 2.05) is 0 Å². The van der Waals surface area contributed by atoms with Crippen molar-refractivity contribution in [1.82, 2.24) is 5.32 Å². The van der Waals surface area contributed by atoms with Gasteiger partial charge in [-0.25, -0.2) is 12.8 Å². The number of anilines is 1. The van der Waals surface area contributed by atoms with Crippen LogP contribution in [-0.2, 0) is 26.0 Å². The van der Waals surface area contributed by atoms with E-state index in [0.717, 1.165) is 17.7 Å². The van der Waals surface area contributed by atoms with E-state index in [1.165, 1.54) is 12.1 Å². The summed E-state index contributed by atoms with van der Waals surface area (Å²) in [5, 5.41) is 5.35. The zero-order valence-corrected chi connectivity index (χ0v) is 15.1. The largest absolute Gasteiger partial charge is 0.351 e. The molecule has 2 N–H and O–H groups in total. The molecule has 138 valence electrons. The van der Waals surface area contributed by atoms with Gasteiger partial charge in [0.05, 0.1) is 0 Å². The van der Waals surface area contributed by atoms with Crippen LogP contribution in [0.5, 0.6) is 0 Å². The molecule has 0 aliphatic carbocycles. The van der Waals surface area contributed by atoms with E-state index in [0.29, 0.717) is 5.02 Å². The summed E-state index contributed by atoms with van der Waals surface area (Å²) in [6, 6.07) is 11.6. The van der Waals surface area contributed by atoms with Gasteiger partial charge in [-0.15, -0.1) is 0 Å². The highest BCUT2D eigenvalue weighted by Gasteiger charge is 2.20. The van der Waals surface area contributed by atoms with Crippen LogP contribution in [0.25, 0.3) is 0 Å². The second-order valence-corrected chi connectivity index (χ2v) is 7.99. The van der Waals surface area contributed by atoms with Gasteiger partial charge in [-0.3, -0.25) is 9.59 Å². The predicted molar refractivity (Wildman–Crippen MR) is 97.0 cm³/mol. The minimum atomic E-state index is -3.94. The van der Waals surface area contributed by atoms with E-state index >= 15 is 0 Å². The molecule has 0 aliphatic heterocycles. The summed E-state index contributed by atoms with van der Waals surface area (Å²) >= 11 is 5.75. The molecule has 0 saturated carbocycles. The molecule has 0 saturated heterocycles. The van der Waals surface area contributed by atoms with Crippen molar-refractivity contribution in [2.24, 2.45) is 0 Å². The monoisotopic (exact) mass is 398 g/mol. The van der Waals surface area contributed by atoms with Gasteiger partial charge in [-0.05, 0) is 42.0 Å². The summed E-state index contributed by atoms with van der Waals surface area (Å²) < 4.78 is 36.7. The van der Waals surface area contributed by atoms with Crippen molar-refractivity contribution in [2.75, 3.05) is 16.8 Å². The SMILES string of the molecule is O=C(CS(=O)(=O)CC(=O)Nc1ccc(F)cc1)NCc1ccc(Cl)cc1. The Kier molecular flexibility index (Phi) is 6.70. The lowest BCUT2D eigenvalue weighted by atomic mass is 10.2. The maximum Gasteiger partial charge on any atom is 0.239 e. The third kappa shape index (κ3) is 6.81. The molecule has 0 aliphatic rings. The molecular weight excluding hydrogens is 383 g/mol. The van der Waals surface area contributed by atoms with Crippen LogP contribution in [0.15, 0.2) is 48.5 Å². The fourth-order valence-electron chi connectivity index (χ4n) is 2.03. The van der Waals surface area contributed by atoms with Gasteiger partial charge in [0.2, 0.25) is 11.8 Å². The first-order chi connectivity index (χ1) is 12.2. The fourth-order valence-corrected chi connectivity index (χ4v) is 3.24. The van der Waals surface area contributed by atoms with E-state index in [4.69, 9.17) is 11.6 Å². The Morgan fingerprint density at radius 2 is 1.50 bits per heavy atom. The Morgan fingerprint density at radius 1 is 0.923 bits per heavy atom. The third-order valence-corrected chi connectivity index (χ3v) is 4.89. The first-order valence-corrected chi connectivity index (χ1v) is 9.70. The molecule has 0 radical (unpaired) electrons. The summed E-state index contributed by atoms with van der Waals surface area (Å²) in [6.07, 6.45) is 0. The smallest absolute Gasteiger partial charge is 0.239 e. The number of halogens is 2. The molecule has 0 aromatic heterocycles. The second kappa shape index (κ2) is 8.77. The number of carbonyl (C=O) groups is 2. The van der Waals surface area contributed by atoms with E-state index in [9.17, 15) is 22.4 Å².